The molecule has 3 aromatic rings. The molecule has 1 aromatic heterocycles. The van der Waals surface area contributed by atoms with Crippen molar-refractivity contribution in [1.29, 1.82) is 0 Å². The van der Waals surface area contributed by atoms with Gasteiger partial charge in [-0.25, -0.2) is 4.68 Å². The highest BCUT2D eigenvalue weighted by Gasteiger charge is 2.32. The van der Waals surface area contributed by atoms with Gasteiger partial charge in [0, 0.05) is 42.3 Å². The first-order valence-electron chi connectivity index (χ1n) is 12.2. The van der Waals surface area contributed by atoms with Gasteiger partial charge in [-0.1, -0.05) is 23.7 Å². The molecule has 6 nitrogen and oxygen atoms in total. The molecule has 0 spiro atoms. The van der Waals surface area contributed by atoms with E-state index < -0.39 is 0 Å². The Labute approximate surface area is 218 Å². The lowest BCUT2D eigenvalue weighted by atomic mass is 9.91. The number of nitrogens with one attached hydrogen (secondary N) is 1. The van der Waals surface area contributed by atoms with E-state index in [2.05, 4.69) is 48.3 Å². The van der Waals surface area contributed by atoms with Gasteiger partial charge >= 0.3 is 0 Å². The van der Waals surface area contributed by atoms with Gasteiger partial charge in [0.1, 0.15) is 0 Å². The quantitative estimate of drug-likeness (QED) is 0.528. The van der Waals surface area contributed by atoms with Crippen molar-refractivity contribution in [3.8, 4) is 5.69 Å². The molecule has 1 unspecified atom stereocenters. The Bertz CT molecular complexity index is 1160. The number of rotatable bonds is 4. The maximum Gasteiger partial charge on any atom is 0.257 e. The minimum Gasteiger partial charge on any atom is -0.365 e. The van der Waals surface area contributed by atoms with Gasteiger partial charge in [0.25, 0.3) is 5.91 Å². The summed E-state index contributed by atoms with van der Waals surface area (Å²) in [4.78, 5) is 18.2. The minimum absolute atomic E-state index is 0. The normalized spacial score (nSPS) is 18.9. The summed E-state index contributed by atoms with van der Waals surface area (Å²) in [7, 11) is 0. The number of nitrogens with zero attached hydrogens (tertiary/aromatic N) is 4. The number of hydrogen-bond donors (Lipinski definition) is 1. The van der Waals surface area contributed by atoms with Crippen molar-refractivity contribution in [1.82, 2.24) is 20.0 Å². The number of aromatic nitrogens is 2. The first-order valence-corrected chi connectivity index (χ1v) is 12.6. The number of piperidine rings is 1. The van der Waals surface area contributed by atoms with Crippen molar-refractivity contribution in [2.24, 2.45) is 0 Å². The van der Waals surface area contributed by atoms with Crippen molar-refractivity contribution in [2.45, 2.75) is 38.6 Å². The van der Waals surface area contributed by atoms with E-state index in [9.17, 15) is 4.79 Å². The van der Waals surface area contributed by atoms with E-state index in [-0.39, 0.29) is 24.4 Å². The maximum absolute atomic E-state index is 13.8. The van der Waals surface area contributed by atoms with Crippen molar-refractivity contribution < 1.29 is 4.79 Å². The Morgan fingerprint density at radius 2 is 1.80 bits per heavy atom. The van der Waals surface area contributed by atoms with Crippen LogP contribution in [0.5, 0.6) is 0 Å². The summed E-state index contributed by atoms with van der Waals surface area (Å²) >= 11 is 6.12. The standard InChI is InChI=1S/C27H32ClN5O.ClH/c1-19-4-3-5-24(16-19)32-15-14-31(18-20(32)2)27(34)25-17-30-33(23-8-6-22(28)7-9-23)26(25)21-10-12-29-13-11-21;/h3-9,16-17,20-21,29H,10-15,18H2,1-2H3;1H. The van der Waals surface area contributed by atoms with Crippen LogP contribution in [0.1, 0.15) is 47.3 Å². The summed E-state index contributed by atoms with van der Waals surface area (Å²) in [6.45, 7) is 8.46. The fourth-order valence-corrected chi connectivity index (χ4v) is 5.43. The first kappa shape index (κ1) is 25.5. The average Bonchev–Trinajstić information content (AvgIpc) is 3.29. The van der Waals surface area contributed by atoms with Crippen LogP contribution in [0, 0.1) is 6.92 Å². The molecule has 0 bridgehead atoms. The van der Waals surface area contributed by atoms with Gasteiger partial charge in [-0.05, 0) is 81.7 Å². The van der Waals surface area contributed by atoms with E-state index >= 15 is 0 Å². The van der Waals surface area contributed by atoms with Gasteiger partial charge in [0.2, 0.25) is 0 Å². The lowest BCUT2D eigenvalue weighted by molar-refractivity contribution is 0.0724. The fourth-order valence-electron chi connectivity index (χ4n) is 5.30. The predicted octanol–water partition coefficient (Wildman–Crippen LogP) is 5.07. The molecule has 1 N–H and O–H groups in total. The number of carbonyl (C=O) groups is 1. The smallest absolute Gasteiger partial charge is 0.257 e. The molecule has 2 aliphatic heterocycles. The molecule has 1 amide bonds. The van der Waals surface area contributed by atoms with Crippen LogP contribution >= 0.6 is 24.0 Å². The van der Waals surface area contributed by atoms with E-state index in [1.807, 2.05) is 33.8 Å². The van der Waals surface area contributed by atoms with Gasteiger partial charge in [-0.2, -0.15) is 5.10 Å². The SMILES string of the molecule is Cc1cccc(N2CCN(C(=O)c3cnn(-c4ccc(Cl)cc4)c3C3CCNCC3)CC2C)c1.Cl. The highest BCUT2D eigenvalue weighted by Crippen LogP contribution is 2.32. The van der Waals surface area contributed by atoms with Crippen molar-refractivity contribution >= 4 is 35.6 Å². The molecule has 0 radical (unpaired) electrons. The van der Waals surface area contributed by atoms with E-state index in [1.165, 1.54) is 11.3 Å². The lowest BCUT2D eigenvalue weighted by Gasteiger charge is -2.41. The summed E-state index contributed by atoms with van der Waals surface area (Å²) in [6.07, 6.45) is 3.76. The minimum atomic E-state index is 0. The summed E-state index contributed by atoms with van der Waals surface area (Å²) in [6, 6.07) is 16.5. The van der Waals surface area contributed by atoms with Gasteiger partial charge in [-0.3, -0.25) is 4.79 Å². The largest absolute Gasteiger partial charge is 0.365 e. The Hall–Kier alpha value is -2.54. The highest BCUT2D eigenvalue weighted by atomic mass is 35.5. The Balaban J connectivity index is 0.00000289. The van der Waals surface area contributed by atoms with E-state index in [1.54, 1.807) is 6.20 Å². The monoisotopic (exact) mass is 513 g/mol. The summed E-state index contributed by atoms with van der Waals surface area (Å²) in [5.41, 5.74) is 5.19. The number of benzene rings is 2. The van der Waals surface area contributed by atoms with Crippen molar-refractivity contribution in [3.63, 3.8) is 0 Å². The zero-order valence-electron chi connectivity index (χ0n) is 20.3. The highest BCUT2D eigenvalue weighted by molar-refractivity contribution is 6.30. The van der Waals surface area contributed by atoms with Crippen LogP contribution in [0.2, 0.25) is 5.02 Å². The van der Waals surface area contributed by atoms with Crippen LogP contribution in [-0.2, 0) is 0 Å². The third-order valence-electron chi connectivity index (χ3n) is 7.08. The van der Waals surface area contributed by atoms with Crippen LogP contribution in [-0.4, -0.2) is 59.4 Å². The number of halogens is 2. The molecule has 0 aliphatic carbocycles. The second-order valence-corrected chi connectivity index (χ2v) is 9.93. The van der Waals surface area contributed by atoms with Crippen LogP contribution in [0.25, 0.3) is 5.69 Å². The Morgan fingerprint density at radius 1 is 1.06 bits per heavy atom. The molecular weight excluding hydrogens is 481 g/mol. The summed E-state index contributed by atoms with van der Waals surface area (Å²) in [5.74, 6) is 0.383. The number of anilines is 1. The van der Waals surface area contributed by atoms with Crippen molar-refractivity contribution in [2.75, 3.05) is 37.6 Å². The predicted molar refractivity (Wildman–Crippen MR) is 145 cm³/mol. The van der Waals surface area contributed by atoms with E-state index in [0.29, 0.717) is 24.0 Å². The zero-order chi connectivity index (χ0) is 23.7. The summed E-state index contributed by atoms with van der Waals surface area (Å²) in [5, 5.41) is 8.82. The Morgan fingerprint density at radius 3 is 2.49 bits per heavy atom. The number of aryl methyl sites for hydroxylation is 1. The molecule has 1 atom stereocenters. The van der Waals surface area contributed by atoms with E-state index in [0.717, 1.165) is 49.4 Å². The third-order valence-corrected chi connectivity index (χ3v) is 7.33. The maximum atomic E-state index is 13.8. The van der Waals surface area contributed by atoms with Gasteiger partial charge in [0.05, 0.1) is 23.1 Å². The van der Waals surface area contributed by atoms with Crippen LogP contribution < -0.4 is 10.2 Å². The van der Waals surface area contributed by atoms with Gasteiger partial charge < -0.3 is 15.1 Å². The molecule has 3 heterocycles. The lowest BCUT2D eigenvalue weighted by Crippen LogP contribution is -2.54. The second kappa shape index (κ2) is 11.0. The molecule has 2 aromatic carbocycles. The average molecular weight is 515 g/mol. The Kier molecular flexibility index (Phi) is 8.05. The molecule has 0 saturated carbocycles. The van der Waals surface area contributed by atoms with Gasteiger partial charge in [-0.15, -0.1) is 12.4 Å². The third kappa shape index (κ3) is 5.35. The molecule has 8 heteroatoms. The number of amides is 1. The van der Waals surface area contributed by atoms with E-state index in [4.69, 9.17) is 16.7 Å². The van der Waals surface area contributed by atoms with Gasteiger partial charge in [0.15, 0.2) is 0 Å². The molecule has 186 valence electrons. The molecule has 5 rings (SSSR count). The summed E-state index contributed by atoms with van der Waals surface area (Å²) < 4.78 is 1.95. The fraction of sp³-hybridized carbons (Fsp3) is 0.407. The second-order valence-electron chi connectivity index (χ2n) is 9.49. The number of carbonyl (C=O) groups excluding carboxylic acids is 1. The molecular formula is C27H33Cl2N5O. The first-order chi connectivity index (χ1) is 16.5. The molecule has 2 fully saturated rings. The van der Waals surface area contributed by atoms with Crippen LogP contribution in [0.3, 0.4) is 0 Å². The molecule has 35 heavy (non-hydrogen) atoms. The van der Waals surface area contributed by atoms with Crippen LogP contribution in [0.15, 0.2) is 54.7 Å². The molecule has 2 aliphatic rings. The molecule has 2 saturated heterocycles. The van der Waals surface area contributed by atoms with Crippen LogP contribution in [0.4, 0.5) is 5.69 Å². The van der Waals surface area contributed by atoms with Crippen molar-refractivity contribution in [3.05, 3.63) is 76.6 Å². The topological polar surface area (TPSA) is 53.4 Å². The zero-order valence-corrected chi connectivity index (χ0v) is 21.9. The number of piperazine rings is 1. The number of hydrogen-bond acceptors (Lipinski definition) is 4.